The summed E-state index contributed by atoms with van der Waals surface area (Å²) in [6, 6.07) is 0.0297. The number of rotatable bonds is 4. The molecule has 1 fully saturated rings. The number of methoxy groups -OCH3 is 1. The van der Waals surface area contributed by atoms with Crippen molar-refractivity contribution in [1.82, 2.24) is 5.32 Å². The Kier molecular flexibility index (Phi) is 6.18. The number of carbonyl (C=O) groups is 3. The number of nitrogens with one attached hydrogen (secondary N) is 1. The van der Waals surface area contributed by atoms with Crippen LogP contribution in [0.1, 0.15) is 52.9 Å². The maximum atomic E-state index is 11.9. The van der Waals surface area contributed by atoms with Crippen LogP contribution in [0.4, 0.5) is 4.79 Å². The van der Waals surface area contributed by atoms with E-state index in [1.54, 1.807) is 0 Å². The SMILES string of the molecule is COC(=O)CC(=O)[C@H]1CC[C@@H](NC(=O)OC(C)(C)C)CC1. The van der Waals surface area contributed by atoms with Gasteiger partial charge in [0.15, 0.2) is 0 Å². The summed E-state index contributed by atoms with van der Waals surface area (Å²) in [6.45, 7) is 5.44. The number of carbonyl (C=O) groups excluding carboxylic acids is 3. The van der Waals surface area contributed by atoms with E-state index in [-0.39, 0.29) is 24.2 Å². The minimum Gasteiger partial charge on any atom is -0.469 e. The summed E-state index contributed by atoms with van der Waals surface area (Å²) in [6.07, 6.45) is 2.21. The first-order valence-corrected chi connectivity index (χ1v) is 7.30. The molecule has 120 valence electrons. The van der Waals surface area contributed by atoms with Crippen LogP contribution in [-0.4, -0.2) is 36.6 Å². The molecule has 0 atom stereocenters. The molecule has 0 aromatic carbocycles. The summed E-state index contributed by atoms with van der Waals surface area (Å²) in [5, 5.41) is 2.82. The van der Waals surface area contributed by atoms with Crippen LogP contribution in [0.3, 0.4) is 0 Å². The van der Waals surface area contributed by atoms with Crippen molar-refractivity contribution in [2.75, 3.05) is 7.11 Å². The summed E-state index contributed by atoms with van der Waals surface area (Å²) in [7, 11) is 1.28. The largest absolute Gasteiger partial charge is 0.469 e. The highest BCUT2D eigenvalue weighted by Crippen LogP contribution is 2.26. The van der Waals surface area contributed by atoms with Crippen molar-refractivity contribution in [3.63, 3.8) is 0 Å². The Morgan fingerprint density at radius 2 is 1.67 bits per heavy atom. The molecular formula is C15H25NO5. The number of ether oxygens (including phenoxy) is 2. The fourth-order valence-electron chi connectivity index (χ4n) is 2.39. The molecule has 0 saturated heterocycles. The Bertz CT molecular complexity index is 391. The van der Waals surface area contributed by atoms with Crippen LogP contribution in [0.2, 0.25) is 0 Å². The van der Waals surface area contributed by atoms with Gasteiger partial charge in [-0.25, -0.2) is 4.79 Å². The Morgan fingerprint density at radius 3 is 2.14 bits per heavy atom. The van der Waals surface area contributed by atoms with Gasteiger partial charge in [0.2, 0.25) is 0 Å². The molecule has 0 unspecified atom stereocenters. The van der Waals surface area contributed by atoms with Crippen molar-refractivity contribution >= 4 is 17.8 Å². The fraction of sp³-hybridized carbons (Fsp3) is 0.800. The molecule has 1 aliphatic carbocycles. The number of alkyl carbamates (subject to hydrolysis) is 1. The van der Waals surface area contributed by atoms with Crippen molar-refractivity contribution in [3.05, 3.63) is 0 Å². The van der Waals surface area contributed by atoms with Crippen LogP contribution < -0.4 is 5.32 Å². The zero-order valence-electron chi connectivity index (χ0n) is 13.2. The lowest BCUT2D eigenvalue weighted by molar-refractivity contribution is -0.144. The number of hydrogen-bond acceptors (Lipinski definition) is 5. The van der Waals surface area contributed by atoms with Crippen LogP contribution in [0.25, 0.3) is 0 Å². The first-order chi connectivity index (χ1) is 9.71. The molecule has 0 aliphatic heterocycles. The third-order valence-corrected chi connectivity index (χ3v) is 3.45. The van der Waals surface area contributed by atoms with Crippen LogP contribution in [-0.2, 0) is 19.1 Å². The zero-order chi connectivity index (χ0) is 16.0. The lowest BCUT2D eigenvalue weighted by Gasteiger charge is -2.29. The maximum absolute atomic E-state index is 11.9. The molecule has 21 heavy (non-hydrogen) atoms. The lowest BCUT2D eigenvalue weighted by atomic mass is 9.82. The number of esters is 1. The van der Waals surface area contributed by atoms with E-state index in [9.17, 15) is 14.4 Å². The predicted molar refractivity (Wildman–Crippen MR) is 76.8 cm³/mol. The number of Topliss-reactive ketones (excluding diaryl/α,β-unsaturated/α-hetero) is 1. The van der Waals surface area contributed by atoms with Gasteiger partial charge in [-0.3, -0.25) is 9.59 Å². The van der Waals surface area contributed by atoms with Crippen LogP contribution in [0.15, 0.2) is 0 Å². The van der Waals surface area contributed by atoms with E-state index in [1.165, 1.54) is 7.11 Å². The molecule has 1 rings (SSSR count). The van der Waals surface area contributed by atoms with Gasteiger partial charge in [-0.1, -0.05) is 0 Å². The van der Waals surface area contributed by atoms with E-state index in [4.69, 9.17) is 4.74 Å². The fourth-order valence-corrected chi connectivity index (χ4v) is 2.39. The summed E-state index contributed by atoms with van der Waals surface area (Å²) < 4.78 is 9.70. The van der Waals surface area contributed by atoms with Crippen molar-refractivity contribution in [3.8, 4) is 0 Å². The molecule has 0 radical (unpaired) electrons. The second-order valence-corrected chi connectivity index (χ2v) is 6.41. The first kappa shape index (κ1) is 17.5. The van der Waals surface area contributed by atoms with Gasteiger partial charge in [0.1, 0.15) is 17.8 Å². The molecule has 0 heterocycles. The van der Waals surface area contributed by atoms with Crippen LogP contribution in [0.5, 0.6) is 0 Å². The topological polar surface area (TPSA) is 81.7 Å². The van der Waals surface area contributed by atoms with Gasteiger partial charge in [0, 0.05) is 12.0 Å². The molecular weight excluding hydrogens is 274 g/mol. The molecule has 1 amide bonds. The van der Waals surface area contributed by atoms with Crippen LogP contribution in [0, 0.1) is 5.92 Å². The molecule has 0 aromatic heterocycles. The van der Waals surface area contributed by atoms with Gasteiger partial charge < -0.3 is 14.8 Å². The Morgan fingerprint density at radius 1 is 1.10 bits per heavy atom. The van der Waals surface area contributed by atoms with E-state index < -0.39 is 17.7 Å². The standard InChI is InChI=1S/C15H25NO5/c1-15(2,3)21-14(19)16-11-7-5-10(6-8-11)12(17)9-13(18)20-4/h10-11H,5-9H2,1-4H3,(H,16,19)/t10-,11+. The van der Waals surface area contributed by atoms with E-state index >= 15 is 0 Å². The Labute approximate surface area is 125 Å². The van der Waals surface area contributed by atoms with E-state index in [2.05, 4.69) is 10.1 Å². The molecule has 0 spiro atoms. The second-order valence-electron chi connectivity index (χ2n) is 6.41. The number of ketones is 1. The number of amides is 1. The summed E-state index contributed by atoms with van der Waals surface area (Å²) >= 11 is 0. The third kappa shape index (κ3) is 6.60. The Hall–Kier alpha value is -1.59. The van der Waals surface area contributed by atoms with Gasteiger partial charge in [0.25, 0.3) is 0 Å². The van der Waals surface area contributed by atoms with Gasteiger partial charge in [-0.05, 0) is 46.5 Å². The maximum Gasteiger partial charge on any atom is 0.407 e. The normalized spacial score (nSPS) is 22.3. The quantitative estimate of drug-likeness (QED) is 0.635. The third-order valence-electron chi connectivity index (χ3n) is 3.45. The molecule has 0 bridgehead atoms. The summed E-state index contributed by atoms with van der Waals surface area (Å²) in [5.41, 5.74) is -0.516. The van der Waals surface area contributed by atoms with Gasteiger partial charge in [0.05, 0.1) is 7.11 Å². The van der Waals surface area contributed by atoms with Gasteiger partial charge in [-0.2, -0.15) is 0 Å². The lowest BCUT2D eigenvalue weighted by Crippen LogP contribution is -2.41. The first-order valence-electron chi connectivity index (χ1n) is 7.30. The van der Waals surface area contributed by atoms with Crippen molar-refractivity contribution in [2.45, 2.75) is 64.5 Å². The smallest absolute Gasteiger partial charge is 0.407 e. The molecule has 6 nitrogen and oxygen atoms in total. The predicted octanol–water partition coefficient (Wildman–Crippen LogP) is 2.20. The molecule has 1 N–H and O–H groups in total. The molecule has 6 heteroatoms. The highest BCUT2D eigenvalue weighted by Gasteiger charge is 2.29. The average molecular weight is 299 g/mol. The van der Waals surface area contributed by atoms with Gasteiger partial charge in [-0.15, -0.1) is 0 Å². The molecule has 1 saturated carbocycles. The summed E-state index contributed by atoms with van der Waals surface area (Å²) in [5.74, 6) is -0.674. The van der Waals surface area contributed by atoms with E-state index in [0.29, 0.717) is 12.8 Å². The number of hydrogen-bond donors (Lipinski definition) is 1. The van der Waals surface area contributed by atoms with E-state index in [1.807, 2.05) is 20.8 Å². The highest BCUT2D eigenvalue weighted by atomic mass is 16.6. The second kappa shape index (κ2) is 7.43. The molecule has 1 aliphatic rings. The highest BCUT2D eigenvalue weighted by molar-refractivity contribution is 5.96. The van der Waals surface area contributed by atoms with Crippen LogP contribution >= 0.6 is 0 Å². The Balaban J connectivity index is 2.34. The summed E-state index contributed by atoms with van der Waals surface area (Å²) in [4.78, 5) is 34.6. The molecule has 0 aromatic rings. The minimum atomic E-state index is -0.516. The average Bonchev–Trinajstić information content (AvgIpc) is 2.36. The van der Waals surface area contributed by atoms with Crippen molar-refractivity contribution < 1.29 is 23.9 Å². The van der Waals surface area contributed by atoms with Crippen molar-refractivity contribution in [2.24, 2.45) is 5.92 Å². The minimum absolute atomic E-state index is 0.0297. The van der Waals surface area contributed by atoms with Crippen molar-refractivity contribution in [1.29, 1.82) is 0 Å². The zero-order valence-corrected chi connectivity index (χ0v) is 13.2. The monoisotopic (exact) mass is 299 g/mol. The van der Waals surface area contributed by atoms with E-state index in [0.717, 1.165) is 12.8 Å². The van der Waals surface area contributed by atoms with Gasteiger partial charge >= 0.3 is 12.1 Å².